The molecule has 1 aliphatic heterocycles. The first-order chi connectivity index (χ1) is 14.9. The monoisotopic (exact) mass is 433 g/mol. The summed E-state index contributed by atoms with van der Waals surface area (Å²) in [5, 5.41) is 14.4. The van der Waals surface area contributed by atoms with Crippen molar-refractivity contribution in [3.05, 3.63) is 23.9 Å². The van der Waals surface area contributed by atoms with Gasteiger partial charge in [0.1, 0.15) is 11.4 Å². The molecule has 2 aromatic heterocycles. The number of hydrogen-bond acceptors (Lipinski definition) is 8. The first-order valence-electron chi connectivity index (χ1n) is 9.70. The van der Waals surface area contributed by atoms with E-state index in [2.05, 4.69) is 26.0 Å². The summed E-state index contributed by atoms with van der Waals surface area (Å²) in [5.74, 6) is 0.383. The van der Waals surface area contributed by atoms with Gasteiger partial charge in [-0.1, -0.05) is 0 Å². The molecule has 3 rings (SSSR count). The number of pyridine rings is 1. The Hall–Kier alpha value is -3.22. The predicted octanol–water partition coefficient (Wildman–Crippen LogP) is 0.234. The molecule has 1 saturated heterocycles. The van der Waals surface area contributed by atoms with Gasteiger partial charge < -0.3 is 20.1 Å². The molecule has 168 valence electrons. The first kappa shape index (κ1) is 22.5. The zero-order valence-electron chi connectivity index (χ0n) is 18.0. The number of rotatable bonds is 8. The summed E-state index contributed by atoms with van der Waals surface area (Å²) in [6, 6.07) is 2.84. The Morgan fingerprint density at radius 2 is 2.13 bits per heavy atom. The number of anilines is 1. The fourth-order valence-electron chi connectivity index (χ4n) is 3.10. The van der Waals surface area contributed by atoms with Gasteiger partial charge in [-0.05, 0) is 6.07 Å². The van der Waals surface area contributed by atoms with Crippen molar-refractivity contribution in [3.63, 3.8) is 0 Å². The van der Waals surface area contributed by atoms with Crippen molar-refractivity contribution in [3.8, 4) is 17.1 Å². The number of carbonyl (C=O) groups is 2. The molecule has 0 radical (unpaired) electrons. The van der Waals surface area contributed by atoms with E-state index in [1.165, 1.54) is 18.8 Å². The summed E-state index contributed by atoms with van der Waals surface area (Å²) in [6.45, 7) is 2.16. The lowest BCUT2D eigenvalue weighted by Gasteiger charge is -2.14. The molecule has 2 aromatic rings. The van der Waals surface area contributed by atoms with Gasteiger partial charge in [-0.2, -0.15) is 10.2 Å². The molecule has 1 fully saturated rings. The Kier molecular flexibility index (Phi) is 7.39. The van der Waals surface area contributed by atoms with Crippen LogP contribution in [0.15, 0.2) is 18.3 Å². The fraction of sp³-hybridized carbons (Fsp3) is 0.474. The molecule has 0 aliphatic carbocycles. The third-order valence-corrected chi connectivity index (χ3v) is 4.70. The second-order valence-corrected chi connectivity index (χ2v) is 6.87. The van der Waals surface area contributed by atoms with E-state index in [0.717, 1.165) is 0 Å². The number of hydrogen-bond donors (Lipinski definition) is 3. The van der Waals surface area contributed by atoms with E-state index in [9.17, 15) is 9.59 Å². The van der Waals surface area contributed by atoms with Crippen molar-refractivity contribution in [1.82, 2.24) is 30.5 Å². The van der Waals surface area contributed by atoms with Crippen molar-refractivity contribution in [1.29, 1.82) is 0 Å². The Morgan fingerprint density at radius 1 is 1.32 bits per heavy atom. The van der Waals surface area contributed by atoms with E-state index in [-0.39, 0.29) is 23.9 Å². The summed E-state index contributed by atoms with van der Waals surface area (Å²) < 4.78 is 11.7. The maximum Gasteiger partial charge on any atom is 0.320 e. The molecule has 12 nitrogen and oxygen atoms in total. The summed E-state index contributed by atoms with van der Waals surface area (Å²) in [7, 11) is 6.31. The van der Waals surface area contributed by atoms with Crippen molar-refractivity contribution in [2.24, 2.45) is 7.05 Å². The van der Waals surface area contributed by atoms with E-state index in [1.54, 1.807) is 37.6 Å². The molecule has 12 heteroatoms. The third kappa shape index (κ3) is 5.48. The highest BCUT2D eigenvalue weighted by atomic mass is 16.7. The van der Waals surface area contributed by atoms with Crippen molar-refractivity contribution >= 4 is 17.8 Å². The highest BCUT2D eigenvalue weighted by Crippen LogP contribution is 2.25. The number of ether oxygens (including phenoxy) is 2. The van der Waals surface area contributed by atoms with Gasteiger partial charge in [-0.3, -0.25) is 19.6 Å². The average Bonchev–Trinajstić information content (AvgIpc) is 3.37. The Labute approximate surface area is 179 Å². The number of aromatic nitrogens is 3. The molecule has 1 atom stereocenters. The molecule has 3 amide bonds. The molecule has 31 heavy (non-hydrogen) atoms. The van der Waals surface area contributed by atoms with Gasteiger partial charge in [-0.25, -0.2) is 9.78 Å². The maximum atomic E-state index is 12.4. The number of amides is 3. The molecule has 3 heterocycles. The van der Waals surface area contributed by atoms with Crippen LogP contribution in [0.1, 0.15) is 10.4 Å². The topological polar surface area (TPSA) is 132 Å². The second-order valence-electron chi connectivity index (χ2n) is 6.87. The molecule has 0 bridgehead atoms. The molecule has 0 aromatic carbocycles. The maximum absolute atomic E-state index is 12.4. The lowest BCUT2D eigenvalue weighted by Crippen LogP contribution is -2.41. The number of aryl methyl sites for hydroxylation is 1. The van der Waals surface area contributed by atoms with Crippen LogP contribution in [-0.4, -0.2) is 85.4 Å². The zero-order valence-corrected chi connectivity index (χ0v) is 18.0. The number of hydroxylamine groups is 2. The lowest BCUT2D eigenvalue weighted by molar-refractivity contribution is -0.118. The number of methoxy groups -OCH3 is 2. The van der Waals surface area contributed by atoms with Gasteiger partial charge >= 0.3 is 6.03 Å². The standard InChI is InChI=1S/C19H27N7O5/c1-20-17(27)14-7-12(9-21-18(14)30-4)15-8-16(25(2)24-15)23-19(28)22-13-10-26(31-11-13)5-6-29-3/h7-9,13H,5-6,10-11H2,1-4H3,(H,20,27)(H2,22,23,28)/t13-/m1/s1. The minimum Gasteiger partial charge on any atom is -0.480 e. The van der Waals surface area contributed by atoms with Crippen molar-refractivity contribution in [2.75, 3.05) is 52.9 Å². The zero-order chi connectivity index (χ0) is 22.4. The normalized spacial score (nSPS) is 16.2. The molecule has 0 unspecified atom stereocenters. The minimum atomic E-state index is -0.365. The highest BCUT2D eigenvalue weighted by molar-refractivity contribution is 5.97. The second kappa shape index (κ2) is 10.2. The summed E-state index contributed by atoms with van der Waals surface area (Å²) in [6.07, 6.45) is 1.56. The Morgan fingerprint density at radius 3 is 2.84 bits per heavy atom. The van der Waals surface area contributed by atoms with Crippen LogP contribution < -0.4 is 20.7 Å². The highest BCUT2D eigenvalue weighted by Gasteiger charge is 2.25. The average molecular weight is 433 g/mol. The van der Waals surface area contributed by atoms with Gasteiger partial charge in [0.2, 0.25) is 5.88 Å². The van der Waals surface area contributed by atoms with Crippen LogP contribution in [0.2, 0.25) is 0 Å². The Bertz CT molecular complexity index is 932. The summed E-state index contributed by atoms with van der Waals surface area (Å²) in [4.78, 5) is 34.2. The van der Waals surface area contributed by atoms with Gasteiger partial charge in [-0.15, -0.1) is 0 Å². The summed E-state index contributed by atoms with van der Waals surface area (Å²) in [5.41, 5.74) is 1.45. The van der Waals surface area contributed by atoms with Crippen LogP contribution in [0.25, 0.3) is 11.3 Å². The van der Waals surface area contributed by atoms with Crippen molar-refractivity contribution in [2.45, 2.75) is 6.04 Å². The fourth-order valence-corrected chi connectivity index (χ4v) is 3.10. The first-order valence-corrected chi connectivity index (χ1v) is 9.70. The van der Waals surface area contributed by atoms with Gasteiger partial charge in [0, 0.05) is 52.1 Å². The molecular formula is C19H27N7O5. The van der Waals surface area contributed by atoms with Crippen LogP contribution in [-0.2, 0) is 16.6 Å². The van der Waals surface area contributed by atoms with Crippen molar-refractivity contribution < 1.29 is 23.9 Å². The molecular weight excluding hydrogens is 406 g/mol. The number of carbonyl (C=O) groups excluding carboxylic acids is 2. The minimum absolute atomic E-state index is 0.134. The summed E-state index contributed by atoms with van der Waals surface area (Å²) >= 11 is 0. The lowest BCUT2D eigenvalue weighted by atomic mass is 10.1. The smallest absolute Gasteiger partial charge is 0.320 e. The van der Waals surface area contributed by atoms with Crippen LogP contribution in [0.4, 0.5) is 10.6 Å². The molecule has 0 spiro atoms. The third-order valence-electron chi connectivity index (χ3n) is 4.70. The quantitative estimate of drug-likeness (QED) is 0.539. The van der Waals surface area contributed by atoms with Gasteiger partial charge in [0.15, 0.2) is 0 Å². The molecule has 1 aliphatic rings. The van der Waals surface area contributed by atoms with Crippen LogP contribution >= 0.6 is 0 Å². The molecule has 0 saturated carbocycles. The van der Waals surface area contributed by atoms with E-state index >= 15 is 0 Å². The van der Waals surface area contributed by atoms with Gasteiger partial charge in [0.25, 0.3) is 5.91 Å². The number of urea groups is 1. The van der Waals surface area contributed by atoms with E-state index in [0.29, 0.717) is 48.9 Å². The Balaban J connectivity index is 1.66. The van der Waals surface area contributed by atoms with E-state index in [1.807, 2.05) is 0 Å². The SMILES string of the molecule is CNC(=O)c1cc(-c2cc(NC(=O)N[C@H]3CON(CCOC)C3)n(C)n2)cnc1OC. The largest absolute Gasteiger partial charge is 0.480 e. The number of nitrogens with zero attached hydrogens (tertiary/aromatic N) is 4. The van der Waals surface area contributed by atoms with Crippen LogP contribution in [0.3, 0.4) is 0 Å². The van der Waals surface area contributed by atoms with Crippen LogP contribution in [0.5, 0.6) is 5.88 Å². The van der Waals surface area contributed by atoms with E-state index < -0.39 is 0 Å². The predicted molar refractivity (Wildman–Crippen MR) is 112 cm³/mol. The van der Waals surface area contributed by atoms with E-state index in [4.69, 9.17) is 14.3 Å². The number of nitrogens with one attached hydrogen (secondary N) is 3. The van der Waals surface area contributed by atoms with Gasteiger partial charge in [0.05, 0.1) is 32.1 Å². The van der Waals surface area contributed by atoms with Crippen LogP contribution in [0, 0.1) is 0 Å². The molecule has 3 N–H and O–H groups in total.